The molecule has 3 amide bonds. The molecule has 0 saturated carbocycles. The average molecular weight is 310 g/mol. The molecule has 0 spiro atoms. The summed E-state index contributed by atoms with van der Waals surface area (Å²) in [5.41, 5.74) is 0. The second-order valence-corrected chi connectivity index (χ2v) is 7.05. The van der Waals surface area contributed by atoms with Crippen molar-refractivity contribution in [3.8, 4) is 0 Å². The minimum atomic E-state index is -0.383. The van der Waals surface area contributed by atoms with Crippen molar-refractivity contribution in [2.45, 2.75) is 33.1 Å². The molecule has 126 valence electrons. The zero-order valence-corrected chi connectivity index (χ0v) is 13.9. The van der Waals surface area contributed by atoms with Crippen LogP contribution in [0.5, 0.6) is 0 Å². The molecule has 22 heavy (non-hydrogen) atoms. The van der Waals surface area contributed by atoms with E-state index in [0.29, 0.717) is 24.9 Å². The Hall–Kier alpha value is -1.14. The van der Waals surface area contributed by atoms with E-state index in [1.54, 1.807) is 0 Å². The Morgan fingerprint density at radius 1 is 1.14 bits per heavy atom. The number of carbonyl (C=O) groups excluding carboxylic acids is 2. The number of hydrogen-bond acceptors (Lipinski definition) is 4. The van der Waals surface area contributed by atoms with Crippen LogP contribution in [-0.4, -0.2) is 67.6 Å². The van der Waals surface area contributed by atoms with Gasteiger partial charge in [0.2, 0.25) is 5.91 Å². The minimum Gasteiger partial charge on any atom is -0.338 e. The Labute approximate surface area is 133 Å². The first-order chi connectivity index (χ1) is 10.5. The number of likely N-dealkylation sites (tertiary alicyclic amines) is 2. The summed E-state index contributed by atoms with van der Waals surface area (Å²) in [6.07, 6.45) is 3.80. The first-order valence-corrected chi connectivity index (χ1v) is 8.55. The maximum absolute atomic E-state index is 11.9. The van der Waals surface area contributed by atoms with Crippen LogP contribution in [0.1, 0.15) is 33.1 Å². The predicted molar refractivity (Wildman–Crippen MR) is 86.6 cm³/mol. The summed E-state index contributed by atoms with van der Waals surface area (Å²) in [6, 6.07) is -0.383. The maximum atomic E-state index is 11.9. The SMILES string of the molecule is CC(C)CNC(=O)NC(=O)CN1CC[C@H](CN2CCCC2)C1. The van der Waals surface area contributed by atoms with E-state index in [1.807, 2.05) is 13.8 Å². The molecule has 0 unspecified atom stereocenters. The standard InChI is InChI=1S/C16H30N4O2/c1-13(2)9-17-16(22)18-15(21)12-20-8-5-14(11-20)10-19-6-3-4-7-19/h13-14H,3-12H2,1-2H3,(H2,17,18,21,22)/t14-/m1/s1. The van der Waals surface area contributed by atoms with Gasteiger partial charge in [0, 0.05) is 19.6 Å². The number of carbonyl (C=O) groups is 2. The summed E-state index contributed by atoms with van der Waals surface area (Å²) in [5, 5.41) is 5.11. The van der Waals surface area contributed by atoms with E-state index in [0.717, 1.165) is 26.1 Å². The molecule has 2 aliphatic rings. The van der Waals surface area contributed by atoms with Gasteiger partial charge in [-0.15, -0.1) is 0 Å². The lowest BCUT2D eigenvalue weighted by atomic mass is 10.1. The van der Waals surface area contributed by atoms with Crippen LogP contribution < -0.4 is 10.6 Å². The smallest absolute Gasteiger partial charge is 0.321 e. The molecule has 0 radical (unpaired) electrons. The lowest BCUT2D eigenvalue weighted by Crippen LogP contribution is -2.45. The molecule has 2 heterocycles. The van der Waals surface area contributed by atoms with Gasteiger partial charge in [-0.2, -0.15) is 0 Å². The van der Waals surface area contributed by atoms with Gasteiger partial charge >= 0.3 is 6.03 Å². The summed E-state index contributed by atoms with van der Waals surface area (Å²) in [4.78, 5) is 28.1. The molecule has 0 bridgehead atoms. The Bertz CT molecular complexity index is 380. The molecule has 2 rings (SSSR count). The maximum Gasteiger partial charge on any atom is 0.321 e. The lowest BCUT2D eigenvalue weighted by molar-refractivity contribution is -0.120. The van der Waals surface area contributed by atoms with Gasteiger partial charge in [0.15, 0.2) is 0 Å². The van der Waals surface area contributed by atoms with Crippen molar-refractivity contribution in [2.24, 2.45) is 11.8 Å². The number of nitrogens with zero attached hydrogens (tertiary/aromatic N) is 2. The van der Waals surface area contributed by atoms with Gasteiger partial charge in [-0.1, -0.05) is 13.8 Å². The van der Waals surface area contributed by atoms with E-state index in [-0.39, 0.29) is 11.9 Å². The van der Waals surface area contributed by atoms with E-state index < -0.39 is 0 Å². The fourth-order valence-electron chi connectivity index (χ4n) is 3.25. The molecule has 0 aromatic carbocycles. The highest BCUT2D eigenvalue weighted by Gasteiger charge is 2.26. The van der Waals surface area contributed by atoms with E-state index in [4.69, 9.17) is 0 Å². The zero-order chi connectivity index (χ0) is 15.9. The van der Waals surface area contributed by atoms with Crippen molar-refractivity contribution in [2.75, 3.05) is 45.8 Å². The second-order valence-electron chi connectivity index (χ2n) is 7.05. The first-order valence-electron chi connectivity index (χ1n) is 8.55. The van der Waals surface area contributed by atoms with Crippen molar-refractivity contribution in [3.63, 3.8) is 0 Å². The van der Waals surface area contributed by atoms with Gasteiger partial charge in [0.25, 0.3) is 0 Å². The molecular weight excluding hydrogens is 280 g/mol. The lowest BCUT2D eigenvalue weighted by Gasteiger charge is -2.20. The highest BCUT2D eigenvalue weighted by molar-refractivity contribution is 5.95. The molecule has 6 heteroatoms. The average Bonchev–Trinajstić information content (AvgIpc) is 3.09. The van der Waals surface area contributed by atoms with Crippen molar-refractivity contribution in [1.82, 2.24) is 20.4 Å². The van der Waals surface area contributed by atoms with Gasteiger partial charge in [0.05, 0.1) is 6.54 Å². The topological polar surface area (TPSA) is 64.7 Å². The molecule has 0 aromatic heterocycles. The number of nitrogens with one attached hydrogen (secondary N) is 2. The van der Waals surface area contributed by atoms with Gasteiger partial charge in [0.1, 0.15) is 0 Å². The van der Waals surface area contributed by atoms with Crippen LogP contribution >= 0.6 is 0 Å². The summed E-state index contributed by atoms with van der Waals surface area (Å²) >= 11 is 0. The van der Waals surface area contributed by atoms with Gasteiger partial charge in [-0.05, 0) is 50.7 Å². The molecule has 0 aromatic rings. The van der Waals surface area contributed by atoms with Crippen molar-refractivity contribution in [3.05, 3.63) is 0 Å². The Kier molecular flexibility index (Phi) is 6.64. The van der Waals surface area contributed by atoms with E-state index in [2.05, 4.69) is 20.4 Å². The van der Waals surface area contributed by atoms with Crippen molar-refractivity contribution >= 4 is 11.9 Å². The number of hydrogen-bond donors (Lipinski definition) is 2. The first kappa shape index (κ1) is 17.2. The van der Waals surface area contributed by atoms with Crippen LogP contribution in [0.3, 0.4) is 0 Å². The Morgan fingerprint density at radius 2 is 1.86 bits per heavy atom. The Balaban J connectivity index is 1.62. The Morgan fingerprint density at radius 3 is 2.55 bits per heavy atom. The number of rotatable bonds is 6. The van der Waals surface area contributed by atoms with E-state index >= 15 is 0 Å². The molecule has 1 atom stereocenters. The van der Waals surface area contributed by atoms with Crippen LogP contribution in [0.15, 0.2) is 0 Å². The fourth-order valence-corrected chi connectivity index (χ4v) is 3.25. The fraction of sp³-hybridized carbons (Fsp3) is 0.875. The van der Waals surface area contributed by atoms with Crippen LogP contribution in [0.2, 0.25) is 0 Å². The molecule has 2 fully saturated rings. The highest BCUT2D eigenvalue weighted by atomic mass is 16.2. The quantitative estimate of drug-likeness (QED) is 0.764. The van der Waals surface area contributed by atoms with Crippen LogP contribution in [0.4, 0.5) is 4.79 Å². The number of amides is 3. The summed E-state index contributed by atoms with van der Waals surface area (Å²) < 4.78 is 0. The van der Waals surface area contributed by atoms with Crippen LogP contribution in [0, 0.1) is 11.8 Å². The summed E-state index contributed by atoms with van der Waals surface area (Å²) in [7, 11) is 0. The van der Waals surface area contributed by atoms with E-state index in [9.17, 15) is 9.59 Å². The van der Waals surface area contributed by atoms with E-state index in [1.165, 1.54) is 25.9 Å². The van der Waals surface area contributed by atoms with Crippen LogP contribution in [0.25, 0.3) is 0 Å². The van der Waals surface area contributed by atoms with Crippen molar-refractivity contribution in [1.29, 1.82) is 0 Å². The number of urea groups is 1. The van der Waals surface area contributed by atoms with Gasteiger partial charge < -0.3 is 10.2 Å². The second kappa shape index (κ2) is 8.48. The zero-order valence-electron chi connectivity index (χ0n) is 13.9. The molecule has 2 saturated heterocycles. The number of imide groups is 1. The minimum absolute atomic E-state index is 0.205. The third-order valence-corrected chi connectivity index (χ3v) is 4.38. The monoisotopic (exact) mass is 310 g/mol. The van der Waals surface area contributed by atoms with Gasteiger partial charge in [-0.3, -0.25) is 15.0 Å². The summed E-state index contributed by atoms with van der Waals surface area (Å²) in [6.45, 7) is 10.5. The molecule has 2 N–H and O–H groups in total. The summed E-state index contributed by atoms with van der Waals surface area (Å²) in [5.74, 6) is 0.842. The molecule has 0 aliphatic carbocycles. The predicted octanol–water partition coefficient (Wildman–Crippen LogP) is 0.886. The third-order valence-electron chi connectivity index (χ3n) is 4.38. The third kappa shape index (κ3) is 5.93. The normalized spacial score (nSPS) is 23.1. The highest BCUT2D eigenvalue weighted by Crippen LogP contribution is 2.19. The molecular formula is C16H30N4O2. The van der Waals surface area contributed by atoms with Crippen LogP contribution in [-0.2, 0) is 4.79 Å². The van der Waals surface area contributed by atoms with Gasteiger partial charge in [-0.25, -0.2) is 4.79 Å². The van der Waals surface area contributed by atoms with Crippen molar-refractivity contribution < 1.29 is 9.59 Å². The molecule has 6 nitrogen and oxygen atoms in total. The molecule has 2 aliphatic heterocycles. The largest absolute Gasteiger partial charge is 0.338 e.